The van der Waals surface area contributed by atoms with Crippen molar-refractivity contribution in [1.29, 1.82) is 0 Å². The predicted molar refractivity (Wildman–Crippen MR) is 56.7 cm³/mol. The Kier molecular flexibility index (Phi) is 4.26. The van der Waals surface area contributed by atoms with Crippen LogP contribution in [0.15, 0.2) is 0 Å². The van der Waals surface area contributed by atoms with Gasteiger partial charge in [-0.15, -0.1) is 0 Å². The third-order valence-electron chi connectivity index (χ3n) is 2.91. The number of hydrogen-bond acceptors (Lipinski definition) is 4. The summed E-state index contributed by atoms with van der Waals surface area (Å²) in [5.41, 5.74) is 5.42. The second-order valence-corrected chi connectivity index (χ2v) is 4.36. The summed E-state index contributed by atoms with van der Waals surface area (Å²) >= 11 is 0. The molecule has 6 heteroatoms. The summed E-state index contributed by atoms with van der Waals surface area (Å²) in [6, 6.07) is -1.03. The van der Waals surface area contributed by atoms with Crippen LogP contribution < -0.4 is 11.1 Å². The van der Waals surface area contributed by atoms with E-state index < -0.39 is 17.6 Å². The summed E-state index contributed by atoms with van der Waals surface area (Å²) in [5.74, 6) is -1.50. The first-order chi connectivity index (χ1) is 7.47. The Morgan fingerprint density at radius 2 is 2.06 bits per heavy atom. The Morgan fingerprint density at radius 3 is 2.44 bits per heavy atom. The van der Waals surface area contributed by atoms with E-state index in [0.29, 0.717) is 0 Å². The number of carboxylic acids is 1. The van der Waals surface area contributed by atoms with Crippen LogP contribution in [0.4, 0.5) is 0 Å². The first-order valence-corrected chi connectivity index (χ1v) is 5.39. The van der Waals surface area contributed by atoms with Crippen molar-refractivity contribution in [2.24, 2.45) is 5.73 Å². The SMILES string of the molecule is NC1(CC(=O)N[C@H](CCO)C(=O)O)CCC1. The normalized spacial score (nSPS) is 19.6. The van der Waals surface area contributed by atoms with Crippen LogP contribution in [0, 0.1) is 0 Å². The number of aliphatic hydroxyl groups is 1. The molecule has 16 heavy (non-hydrogen) atoms. The van der Waals surface area contributed by atoms with Crippen LogP contribution in [0.1, 0.15) is 32.1 Å². The van der Waals surface area contributed by atoms with Gasteiger partial charge in [-0.25, -0.2) is 4.79 Å². The van der Waals surface area contributed by atoms with Gasteiger partial charge in [-0.2, -0.15) is 0 Å². The molecular formula is C10H18N2O4. The molecule has 1 rings (SSSR count). The molecule has 0 radical (unpaired) electrons. The standard InChI is InChI=1S/C10H18N2O4/c11-10(3-1-4-10)6-8(14)12-7(2-5-13)9(15)16/h7,13H,1-6,11H2,(H,12,14)(H,15,16)/t7-/m1/s1. The van der Waals surface area contributed by atoms with E-state index in [0.717, 1.165) is 19.3 Å². The first-order valence-electron chi connectivity index (χ1n) is 5.39. The van der Waals surface area contributed by atoms with Crippen molar-refractivity contribution in [3.8, 4) is 0 Å². The molecule has 6 nitrogen and oxygen atoms in total. The molecular weight excluding hydrogens is 212 g/mol. The van der Waals surface area contributed by atoms with Crippen molar-refractivity contribution >= 4 is 11.9 Å². The van der Waals surface area contributed by atoms with Crippen molar-refractivity contribution in [3.63, 3.8) is 0 Å². The smallest absolute Gasteiger partial charge is 0.326 e. The summed E-state index contributed by atoms with van der Waals surface area (Å²) in [4.78, 5) is 22.2. The van der Waals surface area contributed by atoms with Crippen LogP contribution in [-0.2, 0) is 9.59 Å². The van der Waals surface area contributed by atoms with Crippen LogP contribution in [0.5, 0.6) is 0 Å². The average molecular weight is 230 g/mol. The summed E-state index contributed by atoms with van der Waals surface area (Å²) in [5, 5.41) is 19.8. The summed E-state index contributed by atoms with van der Waals surface area (Å²) in [6.07, 6.45) is 2.79. The van der Waals surface area contributed by atoms with Gasteiger partial charge in [-0.3, -0.25) is 4.79 Å². The van der Waals surface area contributed by atoms with Crippen LogP contribution in [-0.4, -0.2) is 40.3 Å². The lowest BCUT2D eigenvalue weighted by Gasteiger charge is -2.37. The number of carboxylic acid groups (broad SMARTS) is 1. The zero-order valence-corrected chi connectivity index (χ0v) is 9.11. The molecule has 0 heterocycles. The molecule has 0 bridgehead atoms. The number of amides is 1. The van der Waals surface area contributed by atoms with E-state index >= 15 is 0 Å². The van der Waals surface area contributed by atoms with E-state index in [1.807, 2.05) is 0 Å². The second-order valence-electron chi connectivity index (χ2n) is 4.36. The molecule has 1 atom stereocenters. The largest absolute Gasteiger partial charge is 0.480 e. The van der Waals surface area contributed by atoms with Gasteiger partial charge >= 0.3 is 5.97 Å². The first kappa shape index (κ1) is 12.9. The second kappa shape index (κ2) is 5.27. The molecule has 0 aromatic heterocycles. The van der Waals surface area contributed by atoms with Crippen molar-refractivity contribution in [1.82, 2.24) is 5.32 Å². The maximum absolute atomic E-state index is 11.5. The number of rotatable bonds is 6. The minimum Gasteiger partial charge on any atom is -0.480 e. The molecule has 1 saturated carbocycles. The lowest BCUT2D eigenvalue weighted by Crippen LogP contribution is -2.52. The lowest BCUT2D eigenvalue weighted by molar-refractivity contribution is -0.142. The van der Waals surface area contributed by atoms with Gasteiger partial charge in [0.05, 0.1) is 0 Å². The summed E-state index contributed by atoms with van der Waals surface area (Å²) in [7, 11) is 0. The fraction of sp³-hybridized carbons (Fsp3) is 0.800. The zero-order chi connectivity index (χ0) is 12.2. The van der Waals surface area contributed by atoms with Crippen LogP contribution >= 0.6 is 0 Å². The van der Waals surface area contributed by atoms with Crippen molar-refractivity contribution in [2.45, 2.75) is 43.7 Å². The number of nitrogens with one attached hydrogen (secondary N) is 1. The maximum Gasteiger partial charge on any atom is 0.326 e. The summed E-state index contributed by atoms with van der Waals surface area (Å²) in [6.45, 7) is -0.273. The topological polar surface area (TPSA) is 113 Å². The number of carbonyl (C=O) groups excluding carboxylic acids is 1. The van der Waals surface area contributed by atoms with E-state index in [-0.39, 0.29) is 25.4 Å². The highest BCUT2D eigenvalue weighted by Gasteiger charge is 2.35. The Balaban J connectivity index is 2.39. The number of hydrogen-bond donors (Lipinski definition) is 4. The minimum absolute atomic E-state index is 0.0125. The van der Waals surface area contributed by atoms with Gasteiger partial charge in [0.2, 0.25) is 5.91 Å². The summed E-state index contributed by atoms with van der Waals surface area (Å²) < 4.78 is 0. The molecule has 5 N–H and O–H groups in total. The molecule has 1 aliphatic rings. The highest BCUT2D eigenvalue weighted by molar-refractivity contribution is 5.84. The molecule has 0 saturated heterocycles. The van der Waals surface area contributed by atoms with Gasteiger partial charge in [0.1, 0.15) is 6.04 Å². The Labute approximate surface area is 93.8 Å². The van der Waals surface area contributed by atoms with Crippen LogP contribution in [0.2, 0.25) is 0 Å². The molecule has 1 fully saturated rings. The Morgan fingerprint density at radius 1 is 1.44 bits per heavy atom. The monoisotopic (exact) mass is 230 g/mol. The van der Waals surface area contributed by atoms with E-state index in [1.165, 1.54) is 0 Å². The van der Waals surface area contributed by atoms with E-state index in [1.54, 1.807) is 0 Å². The molecule has 0 aromatic carbocycles. The number of aliphatic carboxylic acids is 1. The van der Waals surface area contributed by atoms with Gasteiger partial charge in [0.15, 0.2) is 0 Å². The number of carbonyl (C=O) groups is 2. The van der Waals surface area contributed by atoms with Crippen molar-refractivity contribution in [3.05, 3.63) is 0 Å². The van der Waals surface area contributed by atoms with E-state index in [2.05, 4.69) is 5.32 Å². The van der Waals surface area contributed by atoms with Crippen molar-refractivity contribution < 1.29 is 19.8 Å². The van der Waals surface area contributed by atoms with Crippen LogP contribution in [0.3, 0.4) is 0 Å². The predicted octanol–water partition coefficient (Wildman–Crippen LogP) is -0.790. The maximum atomic E-state index is 11.5. The van der Waals surface area contributed by atoms with Gasteiger partial charge in [-0.1, -0.05) is 0 Å². The van der Waals surface area contributed by atoms with Gasteiger partial charge < -0.3 is 21.3 Å². The third kappa shape index (κ3) is 3.46. The highest BCUT2D eigenvalue weighted by atomic mass is 16.4. The quantitative estimate of drug-likeness (QED) is 0.477. The Bertz CT molecular complexity index is 276. The minimum atomic E-state index is -1.14. The molecule has 0 spiro atoms. The van der Waals surface area contributed by atoms with E-state index in [4.69, 9.17) is 15.9 Å². The van der Waals surface area contributed by atoms with Gasteiger partial charge in [0.25, 0.3) is 0 Å². The van der Waals surface area contributed by atoms with Gasteiger partial charge in [-0.05, 0) is 19.3 Å². The number of nitrogens with two attached hydrogens (primary N) is 1. The molecule has 0 aromatic rings. The lowest BCUT2D eigenvalue weighted by atomic mass is 9.75. The fourth-order valence-electron chi connectivity index (χ4n) is 1.76. The van der Waals surface area contributed by atoms with Crippen LogP contribution in [0.25, 0.3) is 0 Å². The van der Waals surface area contributed by atoms with E-state index in [9.17, 15) is 9.59 Å². The Hall–Kier alpha value is -1.14. The number of aliphatic hydroxyl groups excluding tert-OH is 1. The molecule has 0 aliphatic heterocycles. The third-order valence-corrected chi connectivity index (χ3v) is 2.91. The molecule has 1 amide bonds. The molecule has 92 valence electrons. The van der Waals surface area contributed by atoms with Gasteiger partial charge in [0, 0.05) is 25.0 Å². The van der Waals surface area contributed by atoms with Crippen molar-refractivity contribution in [2.75, 3.05) is 6.61 Å². The highest BCUT2D eigenvalue weighted by Crippen LogP contribution is 2.31. The fourth-order valence-corrected chi connectivity index (χ4v) is 1.76. The average Bonchev–Trinajstić information content (AvgIpc) is 2.14. The zero-order valence-electron chi connectivity index (χ0n) is 9.11. The molecule has 0 unspecified atom stereocenters. The molecule has 1 aliphatic carbocycles.